The summed E-state index contributed by atoms with van der Waals surface area (Å²) in [5.74, 6) is -0.693. The van der Waals surface area contributed by atoms with Crippen molar-refractivity contribution in [2.45, 2.75) is 0 Å². The summed E-state index contributed by atoms with van der Waals surface area (Å²) in [6.45, 7) is 2.58. The molecule has 2 aromatic carbocycles. The summed E-state index contributed by atoms with van der Waals surface area (Å²) >= 11 is 0. The van der Waals surface area contributed by atoms with Gasteiger partial charge >= 0.3 is 0 Å². The van der Waals surface area contributed by atoms with Gasteiger partial charge in [0.15, 0.2) is 0 Å². The smallest absolute Gasteiger partial charge is 0.275 e. The van der Waals surface area contributed by atoms with Crippen molar-refractivity contribution in [2.75, 3.05) is 39.5 Å². The summed E-state index contributed by atoms with van der Waals surface area (Å²) in [5, 5.41) is 2.66. The molecule has 3 N–H and O–H groups in total. The predicted octanol–water partition coefficient (Wildman–Crippen LogP) is 0.932. The molecule has 2 aromatic rings. The van der Waals surface area contributed by atoms with E-state index in [2.05, 4.69) is 5.43 Å². The number of ether oxygens (including phenoxy) is 2. The highest BCUT2D eigenvalue weighted by Crippen LogP contribution is 2.28. The Morgan fingerprint density at radius 1 is 0.880 bits per heavy atom. The summed E-state index contributed by atoms with van der Waals surface area (Å²) < 4.78 is 10.6. The van der Waals surface area contributed by atoms with Crippen LogP contribution >= 0.6 is 0 Å². The Labute approximate surface area is 145 Å². The molecule has 0 bridgehead atoms. The van der Waals surface area contributed by atoms with Crippen LogP contribution in [0.5, 0.6) is 0 Å². The van der Waals surface area contributed by atoms with Crippen LogP contribution in [0.2, 0.25) is 0 Å². The number of carbonyl (C=O) groups excluding carboxylic acids is 2. The van der Waals surface area contributed by atoms with Gasteiger partial charge in [0.1, 0.15) is 0 Å². The van der Waals surface area contributed by atoms with Gasteiger partial charge in [0, 0.05) is 18.5 Å². The van der Waals surface area contributed by atoms with Gasteiger partial charge in [-0.15, -0.1) is 0 Å². The first-order valence-electron chi connectivity index (χ1n) is 8.23. The number of carbonyl (C=O) groups is 2. The number of imide groups is 1. The fourth-order valence-corrected chi connectivity index (χ4v) is 2.81. The molecule has 132 valence electrons. The molecule has 0 fully saturated rings. The molecule has 1 aliphatic heterocycles. The molecule has 25 heavy (non-hydrogen) atoms. The highest BCUT2D eigenvalue weighted by atomic mass is 16.5. The third-order valence-corrected chi connectivity index (χ3v) is 3.92. The van der Waals surface area contributed by atoms with Crippen LogP contribution in [0, 0.1) is 0 Å². The van der Waals surface area contributed by atoms with Crippen molar-refractivity contribution in [3.63, 3.8) is 0 Å². The van der Waals surface area contributed by atoms with Gasteiger partial charge in [-0.3, -0.25) is 9.59 Å². The monoisotopic (exact) mass is 343 g/mol. The summed E-state index contributed by atoms with van der Waals surface area (Å²) in [6.07, 6.45) is 0. The third kappa shape index (κ3) is 3.69. The lowest BCUT2D eigenvalue weighted by atomic mass is 9.95. The minimum Gasteiger partial charge on any atom is -0.378 e. The SMILES string of the molecule is NCCOCCOCCNN1C(=O)c2cccc3cccc(c23)C1=O. The van der Waals surface area contributed by atoms with E-state index in [1.807, 2.05) is 24.3 Å². The molecule has 7 heteroatoms. The highest BCUT2D eigenvalue weighted by molar-refractivity contribution is 6.25. The molecule has 2 amide bonds. The molecule has 1 aliphatic rings. The maximum absolute atomic E-state index is 12.6. The summed E-state index contributed by atoms with van der Waals surface area (Å²) in [4.78, 5) is 25.2. The maximum atomic E-state index is 12.6. The summed E-state index contributed by atoms with van der Waals surface area (Å²) in [7, 11) is 0. The molecule has 0 saturated heterocycles. The number of benzene rings is 2. The Balaban J connectivity index is 1.59. The second-order valence-corrected chi connectivity index (χ2v) is 5.58. The first-order chi connectivity index (χ1) is 12.2. The number of amides is 2. The van der Waals surface area contributed by atoms with E-state index < -0.39 is 0 Å². The first-order valence-corrected chi connectivity index (χ1v) is 8.23. The number of nitrogens with two attached hydrogens (primary N) is 1. The molecule has 1 heterocycles. The van der Waals surface area contributed by atoms with Crippen LogP contribution in [0.1, 0.15) is 20.7 Å². The van der Waals surface area contributed by atoms with Crippen molar-refractivity contribution in [1.29, 1.82) is 0 Å². The minimum absolute atomic E-state index is 0.340. The van der Waals surface area contributed by atoms with E-state index >= 15 is 0 Å². The quantitative estimate of drug-likeness (QED) is 0.520. The fraction of sp³-hybridized carbons (Fsp3) is 0.333. The molecular weight excluding hydrogens is 322 g/mol. The lowest BCUT2D eigenvalue weighted by Gasteiger charge is -2.27. The van der Waals surface area contributed by atoms with Crippen molar-refractivity contribution in [3.05, 3.63) is 47.5 Å². The molecule has 3 rings (SSSR count). The zero-order chi connectivity index (χ0) is 17.6. The van der Waals surface area contributed by atoms with E-state index in [0.29, 0.717) is 56.0 Å². The van der Waals surface area contributed by atoms with Gasteiger partial charge in [-0.1, -0.05) is 24.3 Å². The van der Waals surface area contributed by atoms with Crippen LogP contribution in [-0.4, -0.2) is 56.3 Å². The van der Waals surface area contributed by atoms with Crippen molar-refractivity contribution < 1.29 is 19.1 Å². The Kier molecular flexibility index (Phi) is 5.72. The lowest BCUT2D eigenvalue weighted by Crippen LogP contribution is -2.50. The fourth-order valence-electron chi connectivity index (χ4n) is 2.81. The highest BCUT2D eigenvalue weighted by Gasteiger charge is 2.32. The number of nitrogens with zero attached hydrogens (tertiary/aromatic N) is 1. The average molecular weight is 343 g/mol. The number of hydrogen-bond donors (Lipinski definition) is 2. The van der Waals surface area contributed by atoms with E-state index in [1.54, 1.807) is 12.1 Å². The zero-order valence-corrected chi connectivity index (χ0v) is 13.9. The van der Waals surface area contributed by atoms with E-state index in [9.17, 15) is 9.59 Å². The van der Waals surface area contributed by atoms with Gasteiger partial charge in [0.2, 0.25) is 0 Å². The Morgan fingerprint density at radius 2 is 1.48 bits per heavy atom. The number of nitrogens with one attached hydrogen (secondary N) is 1. The average Bonchev–Trinajstić information content (AvgIpc) is 2.64. The molecular formula is C18H21N3O4. The van der Waals surface area contributed by atoms with Gasteiger partial charge < -0.3 is 15.2 Å². The van der Waals surface area contributed by atoms with Crippen LogP contribution in [0.3, 0.4) is 0 Å². The van der Waals surface area contributed by atoms with Gasteiger partial charge in [0.25, 0.3) is 11.8 Å². The molecule has 0 aliphatic carbocycles. The standard InChI is InChI=1S/C18H21N3O4/c19-7-9-24-11-12-25-10-8-20-21-17(22)14-5-1-3-13-4-2-6-15(16(13)14)18(21)23/h1-6,20H,7-12,19H2. The van der Waals surface area contributed by atoms with E-state index in [4.69, 9.17) is 15.2 Å². The van der Waals surface area contributed by atoms with Crippen molar-refractivity contribution in [2.24, 2.45) is 5.73 Å². The van der Waals surface area contributed by atoms with Crippen molar-refractivity contribution in [3.8, 4) is 0 Å². The van der Waals surface area contributed by atoms with Gasteiger partial charge in [-0.05, 0) is 17.5 Å². The minimum atomic E-state index is -0.347. The topological polar surface area (TPSA) is 93.9 Å². The van der Waals surface area contributed by atoms with Gasteiger partial charge in [-0.2, -0.15) is 0 Å². The predicted molar refractivity (Wildman–Crippen MR) is 93.1 cm³/mol. The van der Waals surface area contributed by atoms with E-state index in [-0.39, 0.29) is 11.8 Å². The van der Waals surface area contributed by atoms with Crippen LogP contribution < -0.4 is 11.2 Å². The van der Waals surface area contributed by atoms with Gasteiger partial charge in [-0.25, -0.2) is 10.4 Å². The van der Waals surface area contributed by atoms with Crippen LogP contribution in [0.25, 0.3) is 10.8 Å². The zero-order valence-electron chi connectivity index (χ0n) is 13.9. The normalized spacial score (nSPS) is 13.7. The maximum Gasteiger partial charge on any atom is 0.275 e. The molecule has 0 saturated carbocycles. The molecule has 0 radical (unpaired) electrons. The molecule has 7 nitrogen and oxygen atoms in total. The largest absolute Gasteiger partial charge is 0.378 e. The Bertz CT molecular complexity index is 727. The third-order valence-electron chi connectivity index (χ3n) is 3.92. The molecule has 0 aromatic heterocycles. The first kappa shape index (κ1) is 17.5. The van der Waals surface area contributed by atoms with Crippen molar-refractivity contribution in [1.82, 2.24) is 10.4 Å². The van der Waals surface area contributed by atoms with E-state index in [0.717, 1.165) is 10.4 Å². The molecule has 0 atom stereocenters. The van der Waals surface area contributed by atoms with Crippen LogP contribution in [0.15, 0.2) is 36.4 Å². The summed E-state index contributed by atoms with van der Waals surface area (Å²) in [5.41, 5.74) is 9.22. The second kappa shape index (κ2) is 8.17. The number of hydrogen-bond acceptors (Lipinski definition) is 6. The lowest BCUT2D eigenvalue weighted by molar-refractivity contribution is 0.0378. The van der Waals surface area contributed by atoms with Crippen molar-refractivity contribution >= 4 is 22.6 Å². The molecule has 0 spiro atoms. The number of rotatable bonds is 9. The molecule has 0 unspecified atom stereocenters. The Hall–Kier alpha value is -2.32. The number of hydrazine groups is 1. The Morgan fingerprint density at radius 3 is 2.08 bits per heavy atom. The van der Waals surface area contributed by atoms with Gasteiger partial charge in [0.05, 0.1) is 37.6 Å². The summed E-state index contributed by atoms with van der Waals surface area (Å²) in [6, 6.07) is 10.9. The van der Waals surface area contributed by atoms with Crippen LogP contribution in [0.4, 0.5) is 0 Å². The van der Waals surface area contributed by atoms with E-state index in [1.165, 1.54) is 0 Å². The van der Waals surface area contributed by atoms with Crippen LogP contribution in [-0.2, 0) is 9.47 Å². The second-order valence-electron chi connectivity index (χ2n) is 5.58.